The molecule has 2 aliphatic rings. The van der Waals surface area contributed by atoms with Gasteiger partial charge in [-0.2, -0.15) is 0 Å². The van der Waals surface area contributed by atoms with Crippen LogP contribution in [0.1, 0.15) is 5.56 Å². The van der Waals surface area contributed by atoms with E-state index in [-0.39, 0.29) is 18.8 Å². The average Bonchev–Trinajstić information content (AvgIpc) is 3.10. The maximum Gasteiger partial charge on any atom is 0.109 e. The van der Waals surface area contributed by atoms with Gasteiger partial charge in [0.1, 0.15) is 12.2 Å². The summed E-state index contributed by atoms with van der Waals surface area (Å²) in [5.74, 6) is 0. The molecule has 0 saturated carbocycles. The molecule has 0 unspecified atom stereocenters. The summed E-state index contributed by atoms with van der Waals surface area (Å²) in [4.78, 5) is 4.71. The Morgan fingerprint density at radius 1 is 0.897 bits per heavy atom. The summed E-state index contributed by atoms with van der Waals surface area (Å²) in [6.07, 6.45) is -1.34. The highest BCUT2D eigenvalue weighted by molar-refractivity contribution is 5.46. The predicted octanol–water partition coefficient (Wildman–Crippen LogP) is 1.09. The molecule has 2 aromatic rings. The number of hydrogen-bond acceptors (Lipinski definition) is 6. The van der Waals surface area contributed by atoms with E-state index in [9.17, 15) is 10.2 Å². The Bertz CT molecular complexity index is 738. The molecule has 0 spiro atoms. The van der Waals surface area contributed by atoms with E-state index in [1.807, 2.05) is 24.3 Å². The van der Waals surface area contributed by atoms with Crippen LogP contribution in [0.5, 0.6) is 0 Å². The molecule has 4 atom stereocenters. The first-order valence-corrected chi connectivity index (χ1v) is 10.5. The van der Waals surface area contributed by atoms with Crippen molar-refractivity contribution in [2.24, 2.45) is 0 Å². The number of nitrogens with one attached hydrogen (secondary N) is 1. The van der Waals surface area contributed by atoms with Crippen LogP contribution >= 0.6 is 0 Å². The molecule has 0 bridgehead atoms. The number of hydrogen-bond donors (Lipinski definition) is 3. The molecule has 29 heavy (non-hydrogen) atoms. The van der Waals surface area contributed by atoms with E-state index in [0.29, 0.717) is 6.54 Å². The van der Waals surface area contributed by atoms with Crippen molar-refractivity contribution < 1.29 is 14.9 Å². The Kier molecular flexibility index (Phi) is 6.79. The topological polar surface area (TPSA) is 68.2 Å². The molecule has 3 N–H and O–H groups in total. The molecule has 2 aromatic carbocycles. The molecule has 2 aliphatic heterocycles. The zero-order valence-corrected chi connectivity index (χ0v) is 16.7. The lowest BCUT2D eigenvalue weighted by atomic mass is 10.0. The van der Waals surface area contributed by atoms with Crippen molar-refractivity contribution in [3.63, 3.8) is 0 Å². The van der Waals surface area contributed by atoms with Gasteiger partial charge in [0.2, 0.25) is 0 Å². The molecule has 4 rings (SSSR count). The van der Waals surface area contributed by atoms with Crippen LogP contribution in [0.4, 0.5) is 5.69 Å². The summed E-state index contributed by atoms with van der Waals surface area (Å²) >= 11 is 0. The summed E-state index contributed by atoms with van der Waals surface area (Å²) < 4.78 is 6.02. The van der Waals surface area contributed by atoms with E-state index < -0.39 is 12.2 Å². The largest absolute Gasteiger partial charge is 0.394 e. The van der Waals surface area contributed by atoms with Crippen LogP contribution in [0.2, 0.25) is 0 Å². The number of aliphatic hydroxyl groups excluding tert-OH is 2. The first-order chi connectivity index (χ1) is 14.3. The lowest BCUT2D eigenvalue weighted by Gasteiger charge is -2.41. The standard InChI is InChI=1S/C23H31N3O3/c27-17-21-23(28)22(20(29-21)16-24-15-18-7-3-1-4-8-18)26-13-11-25(12-14-26)19-9-5-2-6-10-19/h1-10,20-24,27-28H,11-17H2/t20-,21-,22-,23+/m0/s1. The third kappa shape index (κ3) is 4.79. The van der Waals surface area contributed by atoms with E-state index in [1.54, 1.807) is 0 Å². The number of aliphatic hydroxyl groups is 2. The van der Waals surface area contributed by atoms with Crippen LogP contribution in [0.3, 0.4) is 0 Å². The van der Waals surface area contributed by atoms with Gasteiger partial charge in [-0.05, 0) is 17.7 Å². The van der Waals surface area contributed by atoms with Crippen molar-refractivity contribution in [3.8, 4) is 0 Å². The highest BCUT2D eigenvalue weighted by Gasteiger charge is 2.46. The van der Waals surface area contributed by atoms with Crippen molar-refractivity contribution in [2.75, 3.05) is 44.2 Å². The second-order valence-corrected chi connectivity index (χ2v) is 7.85. The van der Waals surface area contributed by atoms with Gasteiger partial charge < -0.3 is 25.2 Å². The van der Waals surface area contributed by atoms with E-state index in [2.05, 4.69) is 51.5 Å². The smallest absolute Gasteiger partial charge is 0.109 e. The minimum absolute atomic E-state index is 0.103. The molecular weight excluding hydrogens is 366 g/mol. The second-order valence-electron chi connectivity index (χ2n) is 7.85. The minimum Gasteiger partial charge on any atom is -0.394 e. The zero-order valence-electron chi connectivity index (χ0n) is 16.7. The maximum atomic E-state index is 10.8. The third-order valence-electron chi connectivity index (χ3n) is 6.02. The van der Waals surface area contributed by atoms with Crippen LogP contribution < -0.4 is 10.2 Å². The molecule has 2 heterocycles. The van der Waals surface area contributed by atoms with Crippen molar-refractivity contribution in [2.45, 2.75) is 30.9 Å². The average molecular weight is 398 g/mol. The van der Waals surface area contributed by atoms with Gasteiger partial charge in [-0.15, -0.1) is 0 Å². The Labute approximate surface area is 172 Å². The predicted molar refractivity (Wildman–Crippen MR) is 114 cm³/mol. The van der Waals surface area contributed by atoms with Gasteiger partial charge in [-0.25, -0.2) is 0 Å². The van der Waals surface area contributed by atoms with E-state index in [4.69, 9.17) is 4.74 Å². The van der Waals surface area contributed by atoms with Gasteiger partial charge in [0.25, 0.3) is 0 Å². The number of para-hydroxylation sites is 1. The highest BCUT2D eigenvalue weighted by atomic mass is 16.5. The van der Waals surface area contributed by atoms with Gasteiger partial charge in [0.05, 0.1) is 18.8 Å². The molecule has 2 fully saturated rings. The molecule has 0 radical (unpaired) electrons. The number of anilines is 1. The van der Waals surface area contributed by atoms with Crippen molar-refractivity contribution >= 4 is 5.69 Å². The Morgan fingerprint density at radius 3 is 2.21 bits per heavy atom. The monoisotopic (exact) mass is 397 g/mol. The van der Waals surface area contributed by atoms with Crippen molar-refractivity contribution in [1.29, 1.82) is 0 Å². The highest BCUT2D eigenvalue weighted by Crippen LogP contribution is 2.27. The van der Waals surface area contributed by atoms with Crippen LogP contribution in [0.15, 0.2) is 60.7 Å². The first kappa shape index (κ1) is 20.3. The van der Waals surface area contributed by atoms with Gasteiger partial charge in [-0.1, -0.05) is 48.5 Å². The van der Waals surface area contributed by atoms with Gasteiger partial charge in [-0.3, -0.25) is 4.90 Å². The van der Waals surface area contributed by atoms with Crippen LogP contribution in [-0.4, -0.2) is 78.8 Å². The number of ether oxygens (including phenoxy) is 1. The molecular formula is C23H31N3O3. The molecule has 6 heteroatoms. The normalized spacial score (nSPS) is 28.0. The Morgan fingerprint density at radius 2 is 1.55 bits per heavy atom. The fourth-order valence-electron chi connectivity index (χ4n) is 4.47. The molecule has 156 valence electrons. The number of rotatable bonds is 7. The number of nitrogens with zero attached hydrogens (tertiary/aromatic N) is 2. The summed E-state index contributed by atoms with van der Waals surface area (Å²) in [7, 11) is 0. The summed E-state index contributed by atoms with van der Waals surface area (Å²) in [6, 6.07) is 20.6. The van der Waals surface area contributed by atoms with Crippen LogP contribution in [0, 0.1) is 0 Å². The molecule has 0 aliphatic carbocycles. The molecule has 0 aromatic heterocycles. The van der Waals surface area contributed by atoms with E-state index in [1.165, 1.54) is 11.3 Å². The van der Waals surface area contributed by atoms with E-state index in [0.717, 1.165) is 32.7 Å². The fourth-order valence-corrected chi connectivity index (χ4v) is 4.47. The second kappa shape index (κ2) is 9.69. The molecule has 6 nitrogen and oxygen atoms in total. The van der Waals surface area contributed by atoms with Gasteiger partial charge in [0.15, 0.2) is 0 Å². The lowest BCUT2D eigenvalue weighted by Crippen LogP contribution is -2.57. The lowest BCUT2D eigenvalue weighted by molar-refractivity contribution is -0.0213. The quantitative estimate of drug-likeness (QED) is 0.650. The number of piperazine rings is 1. The van der Waals surface area contributed by atoms with Gasteiger partial charge >= 0.3 is 0 Å². The summed E-state index contributed by atoms with van der Waals surface area (Å²) in [6.45, 7) is 4.82. The number of benzene rings is 2. The summed E-state index contributed by atoms with van der Waals surface area (Å²) in [5, 5.41) is 23.9. The summed E-state index contributed by atoms with van der Waals surface area (Å²) in [5.41, 5.74) is 2.46. The van der Waals surface area contributed by atoms with Gasteiger partial charge in [0, 0.05) is 45.0 Å². The maximum absolute atomic E-state index is 10.8. The fraction of sp³-hybridized carbons (Fsp3) is 0.478. The molecule has 2 saturated heterocycles. The Balaban J connectivity index is 1.36. The Hall–Kier alpha value is -1.96. The molecule has 0 amide bonds. The van der Waals surface area contributed by atoms with Crippen LogP contribution in [-0.2, 0) is 11.3 Å². The minimum atomic E-state index is -0.674. The zero-order chi connectivity index (χ0) is 20.1. The van der Waals surface area contributed by atoms with Crippen molar-refractivity contribution in [3.05, 3.63) is 66.2 Å². The van der Waals surface area contributed by atoms with E-state index >= 15 is 0 Å². The third-order valence-corrected chi connectivity index (χ3v) is 6.02. The first-order valence-electron chi connectivity index (χ1n) is 10.5. The SMILES string of the molecule is OC[C@@H]1O[C@@H](CNCc2ccccc2)[C@H](N2CCN(c3ccccc3)CC2)[C@@H]1O. The van der Waals surface area contributed by atoms with Crippen LogP contribution in [0.25, 0.3) is 0 Å². The van der Waals surface area contributed by atoms with Crippen molar-refractivity contribution in [1.82, 2.24) is 10.2 Å².